The Morgan fingerprint density at radius 1 is 0.636 bits per heavy atom. The molecular weight excluding hydrogens is 266 g/mol. The summed E-state index contributed by atoms with van der Waals surface area (Å²) in [4.78, 5) is 0. The topological polar surface area (TPSA) is 0 Å². The van der Waals surface area contributed by atoms with Crippen molar-refractivity contribution in [1.82, 2.24) is 4.48 Å². The molecule has 0 aliphatic carbocycles. The van der Waals surface area contributed by atoms with Gasteiger partial charge < -0.3 is 0 Å². The zero-order valence-electron chi connectivity index (χ0n) is 14.2. The average Bonchev–Trinajstić information content (AvgIpc) is 2.59. The molecule has 0 heterocycles. The third-order valence-corrected chi connectivity index (χ3v) is 4.61. The normalized spacial score (nSPS) is 11.5. The molecule has 0 unspecified atom stereocenters. The zero-order chi connectivity index (χ0) is 15.7. The molecule has 0 saturated heterocycles. The first-order valence-corrected chi connectivity index (χ1v) is 8.74. The van der Waals surface area contributed by atoms with E-state index in [1.54, 1.807) is 0 Å². The Bertz CT molecular complexity index is 479. The summed E-state index contributed by atoms with van der Waals surface area (Å²) >= 11 is 0. The van der Waals surface area contributed by atoms with Gasteiger partial charge in [0.25, 0.3) is 0 Å². The van der Waals surface area contributed by atoms with Crippen LogP contribution < -0.4 is 4.48 Å². The summed E-state index contributed by atoms with van der Waals surface area (Å²) in [6, 6.07) is 21.8. The van der Waals surface area contributed by atoms with Gasteiger partial charge in [-0.1, -0.05) is 69.0 Å². The number of nitrogens with zero attached hydrogens (tertiary/aromatic N) is 1. The standard InChI is InChI=1S/C21H30N/c1-3-4-5-6-7-14-19-22(2,20-15-10-8-11-16-20)21-17-12-9-13-18-21/h8-13,15-18H,3-7,14,19H2,1-2H3/q+1. The highest BCUT2D eigenvalue weighted by Crippen LogP contribution is 2.32. The first kappa shape index (κ1) is 16.8. The highest BCUT2D eigenvalue weighted by molar-refractivity contribution is 5.57. The van der Waals surface area contributed by atoms with Crippen LogP contribution in [0.2, 0.25) is 0 Å². The molecule has 0 aliphatic rings. The molecule has 2 aromatic rings. The Morgan fingerprint density at radius 3 is 1.59 bits per heavy atom. The highest BCUT2D eigenvalue weighted by atomic mass is 15.3. The second kappa shape index (κ2) is 8.75. The SMILES string of the molecule is CCCCCCCC[N+](C)(c1ccccc1)c1ccccc1. The van der Waals surface area contributed by atoms with Crippen LogP contribution in [0.3, 0.4) is 0 Å². The fourth-order valence-electron chi connectivity index (χ4n) is 3.13. The molecule has 0 N–H and O–H groups in total. The van der Waals surface area contributed by atoms with Crippen molar-refractivity contribution < 1.29 is 0 Å². The van der Waals surface area contributed by atoms with Gasteiger partial charge in [-0.05, 0) is 37.1 Å². The molecule has 0 radical (unpaired) electrons. The van der Waals surface area contributed by atoms with Crippen molar-refractivity contribution in [2.75, 3.05) is 13.6 Å². The van der Waals surface area contributed by atoms with Gasteiger partial charge in [-0.3, -0.25) is 4.48 Å². The predicted molar refractivity (Wildman–Crippen MR) is 98.5 cm³/mol. The second-order valence-electron chi connectivity index (χ2n) is 6.35. The lowest BCUT2D eigenvalue weighted by Gasteiger charge is -2.33. The van der Waals surface area contributed by atoms with E-state index in [4.69, 9.17) is 0 Å². The fourth-order valence-corrected chi connectivity index (χ4v) is 3.13. The number of para-hydroxylation sites is 2. The molecule has 1 heteroatoms. The lowest BCUT2D eigenvalue weighted by atomic mass is 10.1. The summed E-state index contributed by atoms with van der Waals surface area (Å²) < 4.78 is 0.898. The Labute approximate surface area is 136 Å². The van der Waals surface area contributed by atoms with Crippen molar-refractivity contribution in [2.45, 2.75) is 45.4 Å². The molecular formula is C21H30N+. The van der Waals surface area contributed by atoms with E-state index in [1.165, 1.54) is 56.4 Å². The molecule has 2 aromatic carbocycles. The molecule has 118 valence electrons. The molecule has 1 nitrogen and oxygen atoms in total. The number of benzene rings is 2. The second-order valence-corrected chi connectivity index (χ2v) is 6.35. The van der Waals surface area contributed by atoms with Gasteiger partial charge in [0.1, 0.15) is 11.4 Å². The van der Waals surface area contributed by atoms with Crippen molar-refractivity contribution in [1.29, 1.82) is 0 Å². The van der Waals surface area contributed by atoms with Crippen molar-refractivity contribution in [2.24, 2.45) is 0 Å². The van der Waals surface area contributed by atoms with Crippen LogP contribution in [0.4, 0.5) is 11.4 Å². The van der Waals surface area contributed by atoms with Crippen LogP contribution in [-0.4, -0.2) is 13.6 Å². The molecule has 0 saturated carbocycles. The largest absolute Gasteiger partial charge is 0.261 e. The Balaban J connectivity index is 2.07. The summed E-state index contributed by atoms with van der Waals surface area (Å²) in [5.74, 6) is 0. The first-order valence-electron chi connectivity index (χ1n) is 8.74. The molecule has 0 fully saturated rings. The highest BCUT2D eigenvalue weighted by Gasteiger charge is 2.26. The zero-order valence-corrected chi connectivity index (χ0v) is 14.2. The predicted octanol–water partition coefficient (Wildman–Crippen LogP) is 6.32. The summed E-state index contributed by atoms with van der Waals surface area (Å²) in [7, 11) is 2.34. The number of unbranched alkanes of at least 4 members (excludes halogenated alkanes) is 5. The van der Waals surface area contributed by atoms with E-state index in [-0.39, 0.29) is 0 Å². The van der Waals surface area contributed by atoms with E-state index >= 15 is 0 Å². The molecule has 22 heavy (non-hydrogen) atoms. The average molecular weight is 296 g/mol. The summed E-state index contributed by atoms with van der Waals surface area (Å²) in [6.45, 7) is 3.44. The van der Waals surface area contributed by atoms with Crippen molar-refractivity contribution in [3.8, 4) is 0 Å². The maximum atomic E-state index is 2.34. The summed E-state index contributed by atoms with van der Waals surface area (Å²) in [5.41, 5.74) is 2.75. The van der Waals surface area contributed by atoms with Crippen LogP contribution in [-0.2, 0) is 0 Å². The van der Waals surface area contributed by atoms with Crippen molar-refractivity contribution in [3.05, 3.63) is 60.7 Å². The van der Waals surface area contributed by atoms with Crippen molar-refractivity contribution >= 4 is 11.4 Å². The summed E-state index contributed by atoms with van der Waals surface area (Å²) in [6.07, 6.45) is 8.08. The van der Waals surface area contributed by atoms with Crippen LogP contribution in [0, 0.1) is 0 Å². The number of hydrogen-bond acceptors (Lipinski definition) is 0. The van der Waals surface area contributed by atoms with Gasteiger partial charge in [-0.2, -0.15) is 0 Å². The summed E-state index contributed by atoms with van der Waals surface area (Å²) in [5, 5.41) is 0. The monoisotopic (exact) mass is 296 g/mol. The minimum absolute atomic E-state index is 0.898. The molecule has 0 bridgehead atoms. The van der Waals surface area contributed by atoms with Gasteiger partial charge in [0.15, 0.2) is 0 Å². The third kappa shape index (κ3) is 4.45. The van der Waals surface area contributed by atoms with Crippen LogP contribution >= 0.6 is 0 Å². The van der Waals surface area contributed by atoms with Crippen LogP contribution in [0.5, 0.6) is 0 Å². The van der Waals surface area contributed by atoms with Gasteiger partial charge in [-0.15, -0.1) is 0 Å². The van der Waals surface area contributed by atoms with E-state index in [2.05, 4.69) is 74.6 Å². The molecule has 0 aliphatic heterocycles. The van der Waals surface area contributed by atoms with Crippen LogP contribution in [0.15, 0.2) is 60.7 Å². The number of hydrogen-bond donors (Lipinski definition) is 0. The first-order chi connectivity index (χ1) is 10.8. The fraction of sp³-hybridized carbons (Fsp3) is 0.429. The van der Waals surface area contributed by atoms with Crippen LogP contribution in [0.25, 0.3) is 0 Å². The van der Waals surface area contributed by atoms with Gasteiger partial charge in [0.05, 0.1) is 13.6 Å². The minimum Gasteiger partial charge on any atom is -0.261 e. The van der Waals surface area contributed by atoms with E-state index in [0.29, 0.717) is 0 Å². The maximum absolute atomic E-state index is 2.34. The third-order valence-electron chi connectivity index (χ3n) is 4.61. The molecule has 0 amide bonds. The van der Waals surface area contributed by atoms with E-state index in [1.807, 2.05) is 0 Å². The van der Waals surface area contributed by atoms with E-state index in [9.17, 15) is 0 Å². The molecule has 0 aromatic heterocycles. The van der Waals surface area contributed by atoms with Gasteiger partial charge >= 0.3 is 0 Å². The lowest BCUT2D eigenvalue weighted by Crippen LogP contribution is -2.40. The number of rotatable bonds is 9. The van der Waals surface area contributed by atoms with E-state index < -0.39 is 0 Å². The Kier molecular flexibility index (Phi) is 6.67. The Hall–Kier alpha value is -1.60. The quantitative estimate of drug-likeness (QED) is 0.375. The van der Waals surface area contributed by atoms with E-state index in [0.717, 1.165) is 4.48 Å². The minimum atomic E-state index is 0.898. The number of quaternary nitrogens is 1. The van der Waals surface area contributed by atoms with Gasteiger partial charge in [0.2, 0.25) is 0 Å². The molecule has 0 atom stereocenters. The molecule has 0 spiro atoms. The molecule has 2 rings (SSSR count). The van der Waals surface area contributed by atoms with Crippen LogP contribution in [0.1, 0.15) is 45.4 Å². The van der Waals surface area contributed by atoms with Crippen molar-refractivity contribution in [3.63, 3.8) is 0 Å². The smallest absolute Gasteiger partial charge is 0.137 e. The maximum Gasteiger partial charge on any atom is 0.137 e. The van der Waals surface area contributed by atoms with Gasteiger partial charge in [0, 0.05) is 0 Å². The van der Waals surface area contributed by atoms with Gasteiger partial charge in [-0.25, -0.2) is 0 Å². The Morgan fingerprint density at radius 2 is 1.09 bits per heavy atom. The lowest BCUT2D eigenvalue weighted by molar-refractivity contribution is 0.430.